The summed E-state index contributed by atoms with van der Waals surface area (Å²) < 4.78 is 5.77. The summed E-state index contributed by atoms with van der Waals surface area (Å²) in [6, 6.07) is 0. The first kappa shape index (κ1) is 13.5. The number of carbonyl (C=O) groups excluding carboxylic acids is 1. The van der Waals surface area contributed by atoms with Gasteiger partial charge in [-0.3, -0.25) is 4.79 Å². The van der Waals surface area contributed by atoms with E-state index in [1.165, 1.54) is 31.3 Å². The maximum Gasteiger partial charge on any atom is 0.163 e. The van der Waals surface area contributed by atoms with E-state index in [0.717, 1.165) is 24.8 Å². The maximum atomic E-state index is 11.7. The highest BCUT2D eigenvalue weighted by molar-refractivity contribution is 6.01. The van der Waals surface area contributed by atoms with Crippen LogP contribution in [0.5, 0.6) is 0 Å². The molecule has 1 atom stereocenters. The van der Waals surface area contributed by atoms with Crippen molar-refractivity contribution >= 4 is 5.78 Å². The highest BCUT2D eigenvalue weighted by Crippen LogP contribution is 2.39. The summed E-state index contributed by atoms with van der Waals surface area (Å²) in [7, 11) is 1.80. The predicted octanol–water partition coefficient (Wildman–Crippen LogP) is 3.96. The molecule has 18 heavy (non-hydrogen) atoms. The van der Waals surface area contributed by atoms with Crippen LogP contribution in [-0.4, -0.2) is 18.5 Å². The van der Waals surface area contributed by atoms with Gasteiger partial charge < -0.3 is 4.74 Å². The molecule has 0 aromatic rings. The summed E-state index contributed by atoms with van der Waals surface area (Å²) in [4.78, 5) is 11.7. The molecule has 0 radical (unpaired) electrons. The number of carbonyl (C=O) groups is 1. The third kappa shape index (κ3) is 2.74. The molecular formula is C16H24O2. The van der Waals surface area contributed by atoms with Crippen molar-refractivity contribution in [2.24, 2.45) is 0 Å². The molecule has 100 valence electrons. The summed E-state index contributed by atoms with van der Waals surface area (Å²) in [5, 5.41) is 0. The van der Waals surface area contributed by atoms with Crippen molar-refractivity contribution in [3.05, 3.63) is 23.3 Å². The SMILES string of the molecule is CCCCCCC1(OC)C=CC2=C(CCC2=O)C1. The van der Waals surface area contributed by atoms with Gasteiger partial charge in [0.1, 0.15) is 0 Å². The normalized spacial score (nSPS) is 26.9. The fourth-order valence-corrected chi connectivity index (χ4v) is 3.05. The molecule has 0 amide bonds. The Kier molecular flexibility index (Phi) is 4.39. The van der Waals surface area contributed by atoms with Crippen molar-refractivity contribution in [3.8, 4) is 0 Å². The van der Waals surface area contributed by atoms with Crippen LogP contribution in [0.4, 0.5) is 0 Å². The molecular weight excluding hydrogens is 224 g/mol. The Morgan fingerprint density at radius 1 is 1.28 bits per heavy atom. The molecule has 0 saturated carbocycles. The van der Waals surface area contributed by atoms with Gasteiger partial charge in [-0.05, 0) is 12.8 Å². The summed E-state index contributed by atoms with van der Waals surface area (Å²) in [5.74, 6) is 0.317. The number of ketones is 1. The second kappa shape index (κ2) is 5.83. The molecule has 2 nitrogen and oxygen atoms in total. The number of Topliss-reactive ketones (excluding diaryl/α,β-unsaturated/α-hetero) is 1. The Bertz CT molecular complexity index is 379. The molecule has 0 bridgehead atoms. The van der Waals surface area contributed by atoms with E-state index in [1.54, 1.807) is 7.11 Å². The molecule has 0 spiro atoms. The van der Waals surface area contributed by atoms with Crippen LogP contribution in [0.1, 0.15) is 58.3 Å². The lowest BCUT2D eigenvalue weighted by molar-refractivity contribution is -0.114. The topological polar surface area (TPSA) is 26.3 Å². The fraction of sp³-hybridized carbons (Fsp3) is 0.688. The highest BCUT2D eigenvalue weighted by atomic mass is 16.5. The van der Waals surface area contributed by atoms with Gasteiger partial charge in [0.15, 0.2) is 5.78 Å². The van der Waals surface area contributed by atoms with E-state index < -0.39 is 0 Å². The molecule has 2 rings (SSSR count). The number of hydrogen-bond donors (Lipinski definition) is 0. The van der Waals surface area contributed by atoms with Crippen molar-refractivity contribution < 1.29 is 9.53 Å². The molecule has 0 aromatic heterocycles. The number of rotatable bonds is 6. The van der Waals surface area contributed by atoms with Crippen LogP contribution in [-0.2, 0) is 9.53 Å². The van der Waals surface area contributed by atoms with Crippen LogP contribution in [0.15, 0.2) is 23.3 Å². The zero-order valence-corrected chi connectivity index (χ0v) is 11.6. The van der Waals surface area contributed by atoms with Gasteiger partial charge in [-0.25, -0.2) is 0 Å². The van der Waals surface area contributed by atoms with Gasteiger partial charge in [0.25, 0.3) is 0 Å². The number of allylic oxidation sites excluding steroid dienone is 2. The third-order valence-electron chi connectivity index (χ3n) is 4.26. The van der Waals surface area contributed by atoms with Crippen molar-refractivity contribution in [1.29, 1.82) is 0 Å². The van der Waals surface area contributed by atoms with Crippen LogP contribution >= 0.6 is 0 Å². The molecule has 0 aromatic carbocycles. The Morgan fingerprint density at radius 3 is 2.83 bits per heavy atom. The second-order valence-electron chi connectivity index (χ2n) is 5.53. The summed E-state index contributed by atoms with van der Waals surface area (Å²) in [6.07, 6.45) is 12.8. The quantitative estimate of drug-likeness (QED) is 0.665. The van der Waals surface area contributed by atoms with Crippen LogP contribution in [0.2, 0.25) is 0 Å². The van der Waals surface area contributed by atoms with Crippen molar-refractivity contribution in [3.63, 3.8) is 0 Å². The predicted molar refractivity (Wildman–Crippen MR) is 73.5 cm³/mol. The van der Waals surface area contributed by atoms with Crippen molar-refractivity contribution in [1.82, 2.24) is 0 Å². The average molecular weight is 248 g/mol. The highest BCUT2D eigenvalue weighted by Gasteiger charge is 2.35. The van der Waals surface area contributed by atoms with E-state index in [-0.39, 0.29) is 5.60 Å². The summed E-state index contributed by atoms with van der Waals surface area (Å²) in [6.45, 7) is 2.23. The van der Waals surface area contributed by atoms with Crippen LogP contribution in [0.25, 0.3) is 0 Å². The van der Waals surface area contributed by atoms with Gasteiger partial charge in [0, 0.05) is 25.5 Å². The van der Waals surface area contributed by atoms with E-state index >= 15 is 0 Å². The molecule has 0 heterocycles. The monoisotopic (exact) mass is 248 g/mol. The van der Waals surface area contributed by atoms with E-state index in [1.807, 2.05) is 6.08 Å². The molecule has 2 aliphatic carbocycles. The van der Waals surface area contributed by atoms with Gasteiger partial charge >= 0.3 is 0 Å². The van der Waals surface area contributed by atoms with Crippen LogP contribution in [0.3, 0.4) is 0 Å². The zero-order chi connectivity index (χ0) is 13.0. The maximum absolute atomic E-state index is 11.7. The minimum atomic E-state index is -0.142. The molecule has 0 saturated heterocycles. The largest absolute Gasteiger partial charge is 0.374 e. The van der Waals surface area contributed by atoms with Crippen LogP contribution < -0.4 is 0 Å². The van der Waals surface area contributed by atoms with Crippen molar-refractivity contribution in [2.75, 3.05) is 7.11 Å². The van der Waals surface area contributed by atoms with Crippen LogP contribution in [0, 0.1) is 0 Å². The van der Waals surface area contributed by atoms with Gasteiger partial charge in [-0.1, -0.05) is 50.3 Å². The van der Waals surface area contributed by atoms with Crippen molar-refractivity contribution in [2.45, 2.75) is 63.9 Å². The van der Waals surface area contributed by atoms with Gasteiger partial charge in [-0.15, -0.1) is 0 Å². The third-order valence-corrected chi connectivity index (χ3v) is 4.26. The first-order chi connectivity index (χ1) is 8.71. The average Bonchev–Trinajstić information content (AvgIpc) is 2.76. The molecule has 0 fully saturated rings. The minimum Gasteiger partial charge on any atom is -0.374 e. The van der Waals surface area contributed by atoms with Gasteiger partial charge in [0.2, 0.25) is 0 Å². The first-order valence-electron chi connectivity index (χ1n) is 7.20. The molecule has 0 N–H and O–H groups in total. The number of hydrogen-bond acceptors (Lipinski definition) is 2. The number of methoxy groups -OCH3 is 1. The Hall–Kier alpha value is -0.890. The van der Waals surface area contributed by atoms with E-state index in [9.17, 15) is 4.79 Å². The van der Waals surface area contributed by atoms with Gasteiger partial charge in [-0.2, -0.15) is 0 Å². The molecule has 2 heteroatoms. The zero-order valence-electron chi connectivity index (χ0n) is 11.6. The Labute approximate surface area is 110 Å². The van der Waals surface area contributed by atoms with E-state index in [0.29, 0.717) is 12.2 Å². The summed E-state index contributed by atoms with van der Waals surface area (Å²) in [5.41, 5.74) is 2.15. The lowest BCUT2D eigenvalue weighted by atomic mass is 9.83. The standard InChI is InChI=1S/C16H24O2/c1-3-4-5-6-10-16(18-2)11-9-14-13(12-16)7-8-15(14)17/h9,11H,3-8,10,12H2,1-2H3. The molecule has 1 unspecified atom stereocenters. The Morgan fingerprint density at radius 2 is 2.11 bits per heavy atom. The number of ether oxygens (including phenoxy) is 1. The Balaban J connectivity index is 1.97. The summed E-state index contributed by atoms with van der Waals surface area (Å²) >= 11 is 0. The fourth-order valence-electron chi connectivity index (χ4n) is 3.05. The molecule has 0 aliphatic heterocycles. The molecule has 2 aliphatic rings. The minimum absolute atomic E-state index is 0.142. The van der Waals surface area contributed by atoms with Gasteiger partial charge in [0.05, 0.1) is 5.60 Å². The van der Waals surface area contributed by atoms with E-state index in [2.05, 4.69) is 13.0 Å². The van der Waals surface area contributed by atoms with E-state index in [4.69, 9.17) is 4.74 Å². The second-order valence-corrected chi connectivity index (χ2v) is 5.53. The number of unbranched alkanes of at least 4 members (excludes halogenated alkanes) is 3. The smallest absolute Gasteiger partial charge is 0.163 e. The first-order valence-corrected chi connectivity index (χ1v) is 7.20. The lowest BCUT2D eigenvalue weighted by Gasteiger charge is -2.32. The lowest BCUT2D eigenvalue weighted by Crippen LogP contribution is -2.31.